The number of anilines is 1. The van der Waals surface area contributed by atoms with Crippen molar-refractivity contribution in [2.75, 3.05) is 12.8 Å². The van der Waals surface area contributed by atoms with E-state index in [4.69, 9.17) is 5.73 Å². The van der Waals surface area contributed by atoms with Crippen molar-refractivity contribution >= 4 is 15.7 Å². The second kappa shape index (κ2) is 5.17. The molecule has 0 unspecified atom stereocenters. The Kier molecular flexibility index (Phi) is 3.73. The number of aromatic nitrogens is 2. The molecular weight excluding hydrogens is 290 g/mol. The van der Waals surface area contributed by atoms with E-state index in [9.17, 15) is 17.2 Å². The molecule has 1 aromatic heterocycles. The van der Waals surface area contributed by atoms with E-state index >= 15 is 0 Å². The number of nitrogens with one attached hydrogen (secondary N) is 1. The number of hydrogen-bond donors (Lipinski definition) is 2. The van der Waals surface area contributed by atoms with Crippen molar-refractivity contribution in [3.8, 4) is 0 Å². The molecule has 2 aromatic rings. The third kappa shape index (κ3) is 2.63. The Morgan fingerprint density at radius 2 is 2.05 bits per heavy atom. The molecule has 3 N–H and O–H groups in total. The maximum absolute atomic E-state index is 13.6. The predicted molar refractivity (Wildman–Crippen MR) is 68.0 cm³/mol. The van der Waals surface area contributed by atoms with Crippen molar-refractivity contribution in [1.82, 2.24) is 14.5 Å². The monoisotopic (exact) mass is 302 g/mol. The molecule has 0 aliphatic rings. The van der Waals surface area contributed by atoms with Crippen LogP contribution < -0.4 is 5.73 Å². The Labute approximate surface area is 114 Å². The molecule has 0 aliphatic carbocycles. The summed E-state index contributed by atoms with van der Waals surface area (Å²) in [5.41, 5.74) is 5.46. The maximum Gasteiger partial charge on any atom is 0.246 e. The van der Waals surface area contributed by atoms with Gasteiger partial charge < -0.3 is 5.73 Å². The van der Waals surface area contributed by atoms with Gasteiger partial charge in [0, 0.05) is 31.4 Å². The predicted octanol–water partition coefficient (Wildman–Crippen LogP) is 1.09. The van der Waals surface area contributed by atoms with Gasteiger partial charge in [0.2, 0.25) is 10.0 Å². The minimum absolute atomic E-state index is 0.00441. The normalized spacial score (nSPS) is 12.0. The van der Waals surface area contributed by atoms with Crippen molar-refractivity contribution in [2.24, 2.45) is 0 Å². The van der Waals surface area contributed by atoms with Crippen LogP contribution in [0, 0.1) is 11.6 Å². The SMILES string of the molecule is CN(Cc1cn[nH]c1)S(=O)(=O)c1cc(N)c(F)cc1F. The van der Waals surface area contributed by atoms with Crippen LogP contribution in [0.2, 0.25) is 0 Å². The van der Waals surface area contributed by atoms with Gasteiger partial charge in [-0.3, -0.25) is 5.10 Å². The molecule has 20 heavy (non-hydrogen) atoms. The fourth-order valence-corrected chi connectivity index (χ4v) is 2.85. The Bertz CT molecular complexity index is 716. The summed E-state index contributed by atoms with van der Waals surface area (Å²) in [6.07, 6.45) is 2.96. The standard InChI is InChI=1S/C11H12F2N4O2S/c1-17(6-7-4-15-16-5-7)20(18,19)11-3-10(14)8(12)2-9(11)13/h2-5H,6,14H2,1H3,(H,15,16). The van der Waals surface area contributed by atoms with E-state index in [2.05, 4.69) is 10.2 Å². The minimum atomic E-state index is -4.11. The Morgan fingerprint density at radius 3 is 2.65 bits per heavy atom. The zero-order chi connectivity index (χ0) is 14.9. The zero-order valence-corrected chi connectivity index (χ0v) is 11.3. The van der Waals surface area contributed by atoms with Crippen LogP contribution in [0.15, 0.2) is 29.4 Å². The summed E-state index contributed by atoms with van der Waals surface area (Å²) in [6.45, 7) is -0.00441. The summed E-state index contributed by atoms with van der Waals surface area (Å²) in [5, 5.41) is 6.22. The van der Waals surface area contributed by atoms with Crippen molar-refractivity contribution < 1.29 is 17.2 Å². The third-order valence-electron chi connectivity index (χ3n) is 2.70. The average Bonchev–Trinajstić information content (AvgIpc) is 2.86. The first-order valence-corrected chi connectivity index (χ1v) is 6.95. The van der Waals surface area contributed by atoms with Crippen LogP contribution in [0.4, 0.5) is 14.5 Å². The summed E-state index contributed by atoms with van der Waals surface area (Å²) < 4.78 is 52.1. The first kappa shape index (κ1) is 14.4. The molecule has 0 atom stereocenters. The van der Waals surface area contributed by atoms with Crippen LogP contribution in [-0.4, -0.2) is 30.0 Å². The minimum Gasteiger partial charge on any atom is -0.396 e. The van der Waals surface area contributed by atoms with Crippen molar-refractivity contribution in [3.05, 3.63) is 41.7 Å². The van der Waals surface area contributed by atoms with Gasteiger partial charge in [-0.05, 0) is 6.07 Å². The van der Waals surface area contributed by atoms with E-state index in [1.807, 2.05) is 0 Å². The van der Waals surface area contributed by atoms with Crippen LogP contribution in [0.5, 0.6) is 0 Å². The molecule has 0 aliphatic heterocycles. The lowest BCUT2D eigenvalue weighted by Crippen LogP contribution is -2.27. The molecule has 0 radical (unpaired) electrons. The number of H-pyrrole nitrogens is 1. The quantitative estimate of drug-likeness (QED) is 0.827. The van der Waals surface area contributed by atoms with E-state index in [1.54, 1.807) is 0 Å². The number of nitrogen functional groups attached to an aromatic ring is 1. The van der Waals surface area contributed by atoms with Crippen LogP contribution in [0.25, 0.3) is 0 Å². The lowest BCUT2D eigenvalue weighted by atomic mass is 10.3. The molecule has 0 amide bonds. The summed E-state index contributed by atoms with van der Waals surface area (Å²) in [4.78, 5) is -0.664. The highest BCUT2D eigenvalue weighted by atomic mass is 32.2. The Morgan fingerprint density at radius 1 is 1.35 bits per heavy atom. The van der Waals surface area contributed by atoms with Gasteiger partial charge in [-0.15, -0.1) is 0 Å². The lowest BCUT2D eigenvalue weighted by molar-refractivity contribution is 0.459. The number of rotatable bonds is 4. The van der Waals surface area contributed by atoms with E-state index in [1.165, 1.54) is 19.4 Å². The number of sulfonamides is 1. The number of nitrogens with zero attached hydrogens (tertiary/aromatic N) is 2. The molecule has 108 valence electrons. The Hall–Kier alpha value is -2.00. The summed E-state index contributed by atoms with van der Waals surface area (Å²) in [7, 11) is -2.84. The topological polar surface area (TPSA) is 92.1 Å². The first-order chi connectivity index (χ1) is 9.32. The van der Waals surface area contributed by atoms with Crippen LogP contribution in [0.1, 0.15) is 5.56 Å². The summed E-state index contributed by atoms with van der Waals surface area (Å²) in [5.74, 6) is -2.19. The lowest BCUT2D eigenvalue weighted by Gasteiger charge is -2.17. The maximum atomic E-state index is 13.6. The van der Waals surface area contributed by atoms with Crippen LogP contribution >= 0.6 is 0 Å². The molecular formula is C11H12F2N4O2S. The summed E-state index contributed by atoms with van der Waals surface area (Å²) >= 11 is 0. The molecule has 0 saturated heterocycles. The van der Waals surface area contributed by atoms with Gasteiger partial charge in [-0.1, -0.05) is 0 Å². The average molecular weight is 302 g/mol. The number of nitrogens with two attached hydrogens (primary N) is 1. The van der Waals surface area contributed by atoms with E-state index in [0.29, 0.717) is 11.6 Å². The fraction of sp³-hybridized carbons (Fsp3) is 0.182. The number of halogens is 2. The van der Waals surface area contributed by atoms with Crippen molar-refractivity contribution in [2.45, 2.75) is 11.4 Å². The first-order valence-electron chi connectivity index (χ1n) is 5.51. The van der Waals surface area contributed by atoms with Crippen LogP contribution in [0.3, 0.4) is 0 Å². The number of aromatic amines is 1. The van der Waals surface area contributed by atoms with Gasteiger partial charge >= 0.3 is 0 Å². The van der Waals surface area contributed by atoms with E-state index < -0.39 is 32.2 Å². The molecule has 0 fully saturated rings. The van der Waals surface area contributed by atoms with E-state index in [-0.39, 0.29) is 6.54 Å². The molecule has 9 heteroatoms. The number of hydrogen-bond acceptors (Lipinski definition) is 4. The van der Waals surface area contributed by atoms with Gasteiger partial charge in [0.05, 0.1) is 11.9 Å². The Balaban J connectivity index is 2.37. The van der Waals surface area contributed by atoms with Gasteiger partial charge in [0.15, 0.2) is 0 Å². The third-order valence-corrected chi connectivity index (χ3v) is 4.52. The highest BCUT2D eigenvalue weighted by molar-refractivity contribution is 7.89. The highest BCUT2D eigenvalue weighted by Crippen LogP contribution is 2.24. The van der Waals surface area contributed by atoms with Crippen LogP contribution in [-0.2, 0) is 16.6 Å². The van der Waals surface area contributed by atoms with Gasteiger partial charge in [0.1, 0.15) is 16.5 Å². The highest BCUT2D eigenvalue weighted by Gasteiger charge is 2.26. The number of benzene rings is 1. The molecule has 1 aromatic carbocycles. The zero-order valence-electron chi connectivity index (χ0n) is 10.5. The molecule has 0 saturated carbocycles. The molecule has 1 heterocycles. The van der Waals surface area contributed by atoms with Gasteiger partial charge in [0.25, 0.3) is 0 Å². The second-order valence-corrected chi connectivity index (χ2v) is 6.19. The molecule has 0 bridgehead atoms. The molecule has 2 rings (SSSR count). The van der Waals surface area contributed by atoms with Crippen molar-refractivity contribution in [3.63, 3.8) is 0 Å². The van der Waals surface area contributed by atoms with Crippen molar-refractivity contribution in [1.29, 1.82) is 0 Å². The van der Waals surface area contributed by atoms with Gasteiger partial charge in [-0.25, -0.2) is 17.2 Å². The largest absolute Gasteiger partial charge is 0.396 e. The fourth-order valence-electron chi connectivity index (χ4n) is 1.62. The second-order valence-electron chi connectivity index (χ2n) is 4.17. The van der Waals surface area contributed by atoms with Gasteiger partial charge in [-0.2, -0.15) is 9.40 Å². The smallest absolute Gasteiger partial charge is 0.246 e. The van der Waals surface area contributed by atoms with E-state index in [0.717, 1.165) is 10.4 Å². The molecule has 6 nitrogen and oxygen atoms in total. The molecule has 0 spiro atoms. The summed E-state index contributed by atoms with van der Waals surface area (Å²) in [6, 6.07) is 1.22.